The van der Waals surface area contributed by atoms with Crippen molar-refractivity contribution in [3.8, 4) is 11.5 Å². The summed E-state index contributed by atoms with van der Waals surface area (Å²) in [4.78, 5) is 24.2. The largest absolute Gasteiger partial charge is 0.497 e. The average Bonchev–Trinajstić information content (AvgIpc) is 2.90. The number of rotatable bonds is 4. The van der Waals surface area contributed by atoms with E-state index in [1.807, 2.05) is 0 Å². The van der Waals surface area contributed by atoms with E-state index in [-0.39, 0.29) is 0 Å². The summed E-state index contributed by atoms with van der Waals surface area (Å²) >= 11 is 0. The van der Waals surface area contributed by atoms with Gasteiger partial charge in [0.2, 0.25) is 0 Å². The third-order valence-corrected chi connectivity index (χ3v) is 3.19. The molecule has 0 fully saturated rings. The molecule has 0 saturated heterocycles. The predicted octanol–water partition coefficient (Wildman–Crippen LogP) is 1.99. The second-order valence-corrected chi connectivity index (χ2v) is 4.84. The molecule has 0 aliphatic heterocycles. The number of hydrogen-bond donors (Lipinski definition) is 2. The molecule has 0 spiro atoms. The van der Waals surface area contributed by atoms with Crippen molar-refractivity contribution in [1.29, 1.82) is 0 Å². The fourth-order valence-corrected chi connectivity index (χ4v) is 2.05. The minimum absolute atomic E-state index is 0.293. The number of carbonyl (C=O) groups is 2. The Labute approximate surface area is 133 Å². The Morgan fingerprint density at radius 1 is 0.913 bits per heavy atom. The van der Waals surface area contributed by atoms with Gasteiger partial charge in [0.25, 0.3) is 11.8 Å². The molecule has 23 heavy (non-hydrogen) atoms. The highest BCUT2D eigenvalue weighted by atomic mass is 16.5. The van der Waals surface area contributed by atoms with Crippen LogP contribution in [0, 0.1) is 13.8 Å². The molecular weight excluding hydrogens is 300 g/mol. The molecular formula is C16H18N2O5. The van der Waals surface area contributed by atoms with Gasteiger partial charge in [-0.05, 0) is 32.0 Å². The van der Waals surface area contributed by atoms with Gasteiger partial charge in [0, 0.05) is 11.6 Å². The van der Waals surface area contributed by atoms with Crippen LogP contribution in [0.25, 0.3) is 0 Å². The summed E-state index contributed by atoms with van der Waals surface area (Å²) in [5, 5.41) is 0. The van der Waals surface area contributed by atoms with Gasteiger partial charge in [0.1, 0.15) is 23.0 Å². The molecule has 1 aromatic carbocycles. The Hall–Kier alpha value is -2.96. The zero-order valence-electron chi connectivity index (χ0n) is 13.4. The van der Waals surface area contributed by atoms with Gasteiger partial charge in [-0.25, -0.2) is 0 Å². The lowest BCUT2D eigenvalue weighted by Gasteiger charge is -2.10. The zero-order chi connectivity index (χ0) is 17.0. The Bertz CT molecular complexity index is 714. The van der Waals surface area contributed by atoms with E-state index >= 15 is 0 Å². The van der Waals surface area contributed by atoms with Crippen LogP contribution in [0.3, 0.4) is 0 Å². The highest BCUT2D eigenvalue weighted by Crippen LogP contribution is 2.22. The second-order valence-electron chi connectivity index (χ2n) is 4.84. The van der Waals surface area contributed by atoms with Crippen LogP contribution in [-0.2, 0) is 0 Å². The van der Waals surface area contributed by atoms with Gasteiger partial charge >= 0.3 is 0 Å². The normalized spacial score (nSPS) is 10.1. The van der Waals surface area contributed by atoms with Gasteiger partial charge in [-0.3, -0.25) is 20.4 Å². The highest BCUT2D eigenvalue weighted by Gasteiger charge is 2.15. The lowest BCUT2D eigenvalue weighted by molar-refractivity contribution is 0.0845. The monoisotopic (exact) mass is 318 g/mol. The van der Waals surface area contributed by atoms with Crippen molar-refractivity contribution >= 4 is 11.8 Å². The first kappa shape index (κ1) is 16.4. The Balaban J connectivity index is 2.07. The smallest absolute Gasteiger partial charge is 0.273 e. The van der Waals surface area contributed by atoms with E-state index in [1.165, 1.54) is 26.4 Å². The van der Waals surface area contributed by atoms with Crippen LogP contribution in [0.15, 0.2) is 28.7 Å². The SMILES string of the molecule is COc1cc(OC)cc(C(=O)NNC(=O)c2cc(C)oc2C)c1. The maximum Gasteiger partial charge on any atom is 0.273 e. The lowest BCUT2D eigenvalue weighted by Crippen LogP contribution is -2.41. The third kappa shape index (κ3) is 3.82. The summed E-state index contributed by atoms with van der Waals surface area (Å²) in [6.45, 7) is 3.42. The number of hydrogen-bond acceptors (Lipinski definition) is 5. The predicted molar refractivity (Wildman–Crippen MR) is 82.7 cm³/mol. The summed E-state index contributed by atoms with van der Waals surface area (Å²) < 4.78 is 15.5. The number of carbonyl (C=O) groups excluding carboxylic acids is 2. The standard InChI is InChI=1S/C16H18N2O5/c1-9-5-14(10(2)23-9)16(20)18-17-15(19)11-6-12(21-3)8-13(7-11)22-4/h5-8H,1-4H3,(H,17,19)(H,18,20). The van der Waals surface area contributed by atoms with Crippen molar-refractivity contribution in [3.63, 3.8) is 0 Å². The van der Waals surface area contributed by atoms with Crippen LogP contribution in [0.1, 0.15) is 32.2 Å². The molecule has 2 aromatic rings. The van der Waals surface area contributed by atoms with Crippen molar-refractivity contribution < 1.29 is 23.5 Å². The fourth-order valence-electron chi connectivity index (χ4n) is 2.05. The maximum absolute atomic E-state index is 12.1. The number of amides is 2. The molecule has 7 heteroatoms. The van der Waals surface area contributed by atoms with Crippen molar-refractivity contribution in [2.45, 2.75) is 13.8 Å². The topological polar surface area (TPSA) is 89.8 Å². The van der Waals surface area contributed by atoms with Gasteiger partial charge in [-0.15, -0.1) is 0 Å². The Morgan fingerprint density at radius 2 is 1.48 bits per heavy atom. The number of hydrazine groups is 1. The third-order valence-electron chi connectivity index (χ3n) is 3.19. The van der Waals surface area contributed by atoms with E-state index in [4.69, 9.17) is 13.9 Å². The van der Waals surface area contributed by atoms with Crippen molar-refractivity contribution in [2.75, 3.05) is 14.2 Å². The molecule has 7 nitrogen and oxygen atoms in total. The molecule has 0 aliphatic rings. The molecule has 2 amide bonds. The van der Waals surface area contributed by atoms with Crippen LogP contribution in [0.2, 0.25) is 0 Å². The summed E-state index contributed by atoms with van der Waals surface area (Å²) in [7, 11) is 2.98. The molecule has 0 saturated carbocycles. The molecule has 0 radical (unpaired) electrons. The van der Waals surface area contributed by atoms with E-state index in [0.717, 1.165) is 0 Å². The van der Waals surface area contributed by atoms with Gasteiger partial charge in [0.05, 0.1) is 19.8 Å². The first-order chi connectivity index (χ1) is 10.9. The average molecular weight is 318 g/mol. The first-order valence-corrected chi connectivity index (χ1v) is 6.85. The number of ether oxygens (including phenoxy) is 2. The van der Waals surface area contributed by atoms with Gasteiger partial charge < -0.3 is 13.9 Å². The van der Waals surface area contributed by atoms with Crippen molar-refractivity contribution in [1.82, 2.24) is 10.9 Å². The lowest BCUT2D eigenvalue weighted by atomic mass is 10.2. The minimum atomic E-state index is -0.492. The van der Waals surface area contributed by atoms with Crippen LogP contribution < -0.4 is 20.3 Å². The van der Waals surface area contributed by atoms with Crippen LogP contribution >= 0.6 is 0 Å². The molecule has 2 rings (SSSR count). The molecule has 122 valence electrons. The summed E-state index contributed by atoms with van der Waals surface area (Å²) in [6.07, 6.45) is 0. The number of benzene rings is 1. The van der Waals surface area contributed by atoms with E-state index in [1.54, 1.807) is 26.0 Å². The number of nitrogens with one attached hydrogen (secondary N) is 2. The fraction of sp³-hybridized carbons (Fsp3) is 0.250. The van der Waals surface area contributed by atoms with Crippen LogP contribution in [0.4, 0.5) is 0 Å². The van der Waals surface area contributed by atoms with E-state index in [2.05, 4.69) is 10.9 Å². The molecule has 1 aromatic heterocycles. The van der Waals surface area contributed by atoms with Crippen molar-refractivity contribution in [2.24, 2.45) is 0 Å². The quantitative estimate of drug-likeness (QED) is 0.842. The van der Waals surface area contributed by atoms with Gasteiger partial charge in [-0.2, -0.15) is 0 Å². The number of furan rings is 1. The zero-order valence-corrected chi connectivity index (χ0v) is 13.4. The number of aryl methyl sites for hydroxylation is 2. The van der Waals surface area contributed by atoms with E-state index in [9.17, 15) is 9.59 Å². The van der Waals surface area contributed by atoms with E-state index in [0.29, 0.717) is 34.1 Å². The summed E-state index contributed by atoms with van der Waals surface area (Å²) in [6, 6.07) is 6.33. The summed E-state index contributed by atoms with van der Waals surface area (Å²) in [5.41, 5.74) is 5.35. The Kier molecular flexibility index (Phi) is 4.90. The molecule has 2 N–H and O–H groups in total. The van der Waals surface area contributed by atoms with Crippen molar-refractivity contribution in [3.05, 3.63) is 46.9 Å². The highest BCUT2D eigenvalue weighted by molar-refractivity contribution is 5.99. The maximum atomic E-state index is 12.1. The Morgan fingerprint density at radius 3 is 1.96 bits per heavy atom. The summed E-state index contributed by atoms with van der Waals surface area (Å²) in [5.74, 6) is 1.11. The second kappa shape index (κ2) is 6.87. The van der Waals surface area contributed by atoms with Crippen LogP contribution in [-0.4, -0.2) is 26.0 Å². The van der Waals surface area contributed by atoms with Gasteiger partial charge in [-0.1, -0.05) is 0 Å². The van der Waals surface area contributed by atoms with Gasteiger partial charge in [0.15, 0.2) is 0 Å². The molecule has 1 heterocycles. The minimum Gasteiger partial charge on any atom is -0.497 e. The van der Waals surface area contributed by atoms with E-state index < -0.39 is 11.8 Å². The first-order valence-electron chi connectivity index (χ1n) is 6.85. The molecule has 0 bridgehead atoms. The molecule has 0 aliphatic carbocycles. The molecule has 0 unspecified atom stereocenters. The number of methoxy groups -OCH3 is 2. The molecule has 0 atom stereocenters. The van der Waals surface area contributed by atoms with Crippen LogP contribution in [0.5, 0.6) is 11.5 Å².